The maximum absolute atomic E-state index is 2.45. The normalized spacial score (nSPS) is 11.8. The number of benzene rings is 3. The van der Waals surface area contributed by atoms with Crippen molar-refractivity contribution in [2.75, 3.05) is 6.54 Å². The molecule has 3 aromatic rings. The van der Waals surface area contributed by atoms with E-state index in [4.69, 9.17) is 0 Å². The first kappa shape index (κ1) is 33.9. The van der Waals surface area contributed by atoms with Crippen molar-refractivity contribution in [2.24, 2.45) is 0 Å². The maximum atomic E-state index is 2.45. The molecule has 0 unspecified atom stereocenters. The van der Waals surface area contributed by atoms with Crippen LogP contribution in [0.25, 0.3) is 0 Å². The minimum atomic E-state index is 1.08. The average molecular weight is 567 g/mol. The van der Waals surface area contributed by atoms with Gasteiger partial charge in [-0.2, -0.15) is 0 Å². The van der Waals surface area contributed by atoms with Crippen molar-refractivity contribution in [1.82, 2.24) is 0 Å². The van der Waals surface area contributed by atoms with Crippen LogP contribution in [0.1, 0.15) is 126 Å². The summed E-state index contributed by atoms with van der Waals surface area (Å²) in [7, 11) is 0. The molecule has 0 amide bonds. The minimum Gasteiger partial charge on any atom is -0.312 e. The van der Waals surface area contributed by atoms with Crippen molar-refractivity contribution in [1.29, 1.82) is 0 Å². The van der Waals surface area contributed by atoms with Gasteiger partial charge in [-0.1, -0.05) is 174 Å². The molecule has 0 bridgehead atoms. The van der Waals surface area contributed by atoms with E-state index in [1.165, 1.54) is 126 Å². The highest BCUT2D eigenvalue weighted by Crippen LogP contribution is 2.26. The van der Waals surface area contributed by atoms with Crippen LogP contribution >= 0.6 is 0 Å². The van der Waals surface area contributed by atoms with Gasteiger partial charge in [0.05, 0.1) is 6.54 Å². The first-order valence-electron chi connectivity index (χ1n) is 17.4. The zero-order valence-corrected chi connectivity index (χ0v) is 26.9. The summed E-state index contributed by atoms with van der Waals surface area (Å²) in [5.74, 6) is 0. The van der Waals surface area contributed by atoms with E-state index in [1.807, 2.05) is 0 Å². The second-order valence-corrected chi connectivity index (χ2v) is 12.6. The molecule has 0 atom stereocenters. The molecule has 228 valence electrons. The molecule has 3 aromatic carbocycles. The van der Waals surface area contributed by atoms with Gasteiger partial charge in [0.15, 0.2) is 0 Å². The Morgan fingerprint density at radius 3 is 1.12 bits per heavy atom. The molecule has 0 aliphatic rings. The number of nitrogens with zero attached hydrogens (tertiary/aromatic N) is 1. The second kappa shape index (κ2) is 22.0. The third-order valence-electron chi connectivity index (χ3n) is 8.73. The summed E-state index contributed by atoms with van der Waals surface area (Å²) in [4.78, 5) is 0. The van der Waals surface area contributed by atoms with Gasteiger partial charge in [-0.05, 0) is 38.5 Å². The van der Waals surface area contributed by atoms with Crippen LogP contribution in [0.5, 0.6) is 0 Å². The van der Waals surface area contributed by atoms with E-state index in [1.54, 1.807) is 0 Å². The Morgan fingerprint density at radius 1 is 0.405 bits per heavy atom. The molecule has 0 saturated heterocycles. The molecule has 0 aliphatic carbocycles. The number of hydrogen-bond acceptors (Lipinski definition) is 0. The fourth-order valence-corrected chi connectivity index (χ4v) is 6.37. The number of unbranched alkanes of at least 4 members (excludes halogenated alkanes) is 14. The zero-order chi connectivity index (χ0) is 29.4. The van der Waals surface area contributed by atoms with Crippen LogP contribution in [-0.2, 0) is 19.6 Å². The van der Waals surface area contributed by atoms with Crippen LogP contribution in [0.4, 0.5) is 0 Å². The second-order valence-electron chi connectivity index (χ2n) is 12.6. The smallest absolute Gasteiger partial charge is 0.105 e. The van der Waals surface area contributed by atoms with E-state index < -0.39 is 0 Å². The monoisotopic (exact) mass is 566 g/mol. The highest BCUT2D eigenvalue weighted by atomic mass is 15.3. The molecule has 0 N–H and O–H groups in total. The fraction of sp³-hybridized carbons (Fsp3) is 0.512. The van der Waals surface area contributed by atoms with E-state index in [0.29, 0.717) is 0 Å². The van der Waals surface area contributed by atoms with Crippen molar-refractivity contribution < 1.29 is 4.48 Å². The number of hydrogen-bond donors (Lipinski definition) is 0. The Morgan fingerprint density at radius 2 is 0.738 bits per heavy atom. The highest BCUT2D eigenvalue weighted by Gasteiger charge is 2.28. The summed E-state index contributed by atoms with van der Waals surface area (Å²) in [5.41, 5.74) is 4.33. The van der Waals surface area contributed by atoms with Gasteiger partial charge in [-0.3, -0.25) is 0 Å². The lowest BCUT2D eigenvalue weighted by Gasteiger charge is -2.39. The summed E-state index contributed by atoms with van der Waals surface area (Å²) in [5, 5.41) is 0. The Balaban J connectivity index is 1.39. The van der Waals surface area contributed by atoms with Gasteiger partial charge in [0.1, 0.15) is 19.6 Å². The third kappa shape index (κ3) is 15.0. The summed E-state index contributed by atoms with van der Waals surface area (Å²) in [6.07, 6.45) is 26.9. The van der Waals surface area contributed by atoms with Crippen LogP contribution in [-0.4, -0.2) is 11.0 Å². The van der Waals surface area contributed by atoms with Gasteiger partial charge >= 0.3 is 0 Å². The van der Waals surface area contributed by atoms with Crippen molar-refractivity contribution in [3.8, 4) is 0 Å². The Kier molecular flexibility index (Phi) is 17.7. The van der Waals surface area contributed by atoms with Gasteiger partial charge in [0.2, 0.25) is 0 Å². The summed E-state index contributed by atoms with van der Waals surface area (Å²) in [6, 6.07) is 33.5. The van der Waals surface area contributed by atoms with E-state index in [2.05, 4.69) is 110 Å². The predicted molar refractivity (Wildman–Crippen MR) is 184 cm³/mol. The summed E-state index contributed by atoms with van der Waals surface area (Å²) < 4.78 is 1.09. The lowest BCUT2D eigenvalue weighted by Crippen LogP contribution is -2.46. The molecule has 3 rings (SSSR count). The minimum absolute atomic E-state index is 1.08. The quantitative estimate of drug-likeness (QED) is 0.0574. The molecule has 0 aliphatic heterocycles. The standard InChI is InChI=1S/C41H60N/c1-2-3-4-5-6-7-8-9-10-11-12-13-14-15-16-17-18-28-35-42(36-39-29-22-19-23-30-39,37-40-31-24-20-25-32-40)38-41-33-26-21-27-34-41/h11-12,19-27,29-34H,2-10,13-18,28,35-38H2,1H3/q+1/b12-11+. The molecule has 0 spiro atoms. The first-order chi connectivity index (χ1) is 20.8. The Hall–Kier alpha value is -2.64. The Bertz CT molecular complexity index is 939. The van der Waals surface area contributed by atoms with E-state index in [9.17, 15) is 0 Å². The van der Waals surface area contributed by atoms with E-state index >= 15 is 0 Å². The van der Waals surface area contributed by atoms with Crippen LogP contribution in [0.15, 0.2) is 103 Å². The molecule has 1 heteroatoms. The number of rotatable bonds is 24. The summed E-state index contributed by atoms with van der Waals surface area (Å²) in [6.45, 7) is 6.76. The van der Waals surface area contributed by atoms with Gasteiger partial charge in [-0.25, -0.2) is 0 Å². The van der Waals surface area contributed by atoms with Crippen LogP contribution < -0.4 is 0 Å². The molecule has 0 fully saturated rings. The average Bonchev–Trinajstić information content (AvgIpc) is 3.02. The van der Waals surface area contributed by atoms with Crippen molar-refractivity contribution >= 4 is 0 Å². The maximum Gasteiger partial charge on any atom is 0.105 e. The molecule has 0 heterocycles. The van der Waals surface area contributed by atoms with Gasteiger partial charge in [0.25, 0.3) is 0 Å². The van der Waals surface area contributed by atoms with Gasteiger partial charge in [-0.15, -0.1) is 0 Å². The van der Waals surface area contributed by atoms with Crippen molar-refractivity contribution in [3.05, 3.63) is 120 Å². The molecule has 0 radical (unpaired) electrons. The SMILES string of the molecule is CCCCCCCCCC/C=C/CCCCCCCC[N+](Cc1ccccc1)(Cc1ccccc1)Cc1ccccc1. The zero-order valence-electron chi connectivity index (χ0n) is 26.9. The lowest BCUT2D eigenvalue weighted by molar-refractivity contribution is -0.966. The highest BCUT2D eigenvalue weighted by molar-refractivity contribution is 5.17. The van der Waals surface area contributed by atoms with E-state index in [-0.39, 0.29) is 0 Å². The van der Waals surface area contributed by atoms with Crippen LogP contribution in [0.2, 0.25) is 0 Å². The molecular formula is C41H60N+. The van der Waals surface area contributed by atoms with Gasteiger partial charge in [0, 0.05) is 16.7 Å². The molecule has 42 heavy (non-hydrogen) atoms. The first-order valence-corrected chi connectivity index (χ1v) is 17.4. The van der Waals surface area contributed by atoms with Crippen LogP contribution in [0, 0.1) is 0 Å². The molecular weight excluding hydrogens is 506 g/mol. The summed E-state index contributed by atoms with van der Waals surface area (Å²) >= 11 is 0. The topological polar surface area (TPSA) is 0 Å². The third-order valence-corrected chi connectivity index (χ3v) is 8.73. The predicted octanol–water partition coefficient (Wildman–Crippen LogP) is 12.2. The molecule has 1 nitrogen and oxygen atoms in total. The van der Waals surface area contributed by atoms with Crippen LogP contribution in [0.3, 0.4) is 0 Å². The van der Waals surface area contributed by atoms with Crippen molar-refractivity contribution in [3.63, 3.8) is 0 Å². The number of allylic oxidation sites excluding steroid dienone is 2. The Labute approximate surface area is 259 Å². The lowest BCUT2D eigenvalue weighted by atomic mass is 10.0. The molecule has 0 aromatic heterocycles. The van der Waals surface area contributed by atoms with Gasteiger partial charge < -0.3 is 4.48 Å². The fourth-order valence-electron chi connectivity index (χ4n) is 6.37. The van der Waals surface area contributed by atoms with E-state index in [0.717, 1.165) is 24.1 Å². The molecule has 0 saturated carbocycles. The number of quaternary nitrogens is 1. The largest absolute Gasteiger partial charge is 0.312 e. The van der Waals surface area contributed by atoms with Crippen molar-refractivity contribution in [2.45, 2.75) is 129 Å².